The lowest BCUT2D eigenvalue weighted by Crippen LogP contribution is -2.22. The lowest BCUT2D eigenvalue weighted by molar-refractivity contribution is 0.0480. The molecule has 2 heterocycles. The van der Waals surface area contributed by atoms with Crippen molar-refractivity contribution in [3.8, 4) is 0 Å². The van der Waals surface area contributed by atoms with Crippen LogP contribution in [0.5, 0.6) is 0 Å². The molecule has 13 heavy (non-hydrogen) atoms. The molecule has 1 saturated heterocycles. The Bertz CT molecular complexity index is 247. The molecule has 0 bridgehead atoms. The van der Waals surface area contributed by atoms with Crippen molar-refractivity contribution in [3.05, 3.63) is 22.4 Å². The lowest BCUT2D eigenvalue weighted by Gasteiger charge is -2.11. The van der Waals surface area contributed by atoms with E-state index in [0.29, 0.717) is 12.2 Å². The van der Waals surface area contributed by atoms with E-state index in [1.165, 1.54) is 17.7 Å². The Hall–Kier alpha value is -0.380. The van der Waals surface area contributed by atoms with Crippen LogP contribution in [0.4, 0.5) is 0 Å². The Morgan fingerprint density at radius 1 is 1.62 bits per heavy atom. The average molecular weight is 197 g/mol. The van der Waals surface area contributed by atoms with E-state index in [4.69, 9.17) is 4.74 Å². The minimum absolute atomic E-state index is 0.360. The van der Waals surface area contributed by atoms with Crippen LogP contribution in [0.2, 0.25) is 0 Å². The van der Waals surface area contributed by atoms with Gasteiger partial charge in [0.15, 0.2) is 0 Å². The van der Waals surface area contributed by atoms with Gasteiger partial charge in [-0.15, -0.1) is 11.3 Å². The molecular formula is C10H15NOS. The van der Waals surface area contributed by atoms with Crippen molar-refractivity contribution in [1.82, 2.24) is 5.32 Å². The molecule has 0 radical (unpaired) electrons. The molecule has 0 amide bonds. The molecule has 1 N–H and O–H groups in total. The zero-order chi connectivity index (χ0) is 9.10. The number of rotatable bonds is 3. The number of ether oxygens (including phenoxy) is 1. The zero-order valence-electron chi connectivity index (χ0n) is 7.82. The Labute approximate surface area is 82.9 Å². The lowest BCUT2D eigenvalue weighted by atomic mass is 10.2. The zero-order valence-corrected chi connectivity index (χ0v) is 8.64. The summed E-state index contributed by atoms with van der Waals surface area (Å²) in [5.74, 6) is 0. The third kappa shape index (κ3) is 2.10. The van der Waals surface area contributed by atoms with Crippen molar-refractivity contribution in [2.45, 2.75) is 25.0 Å². The molecule has 2 rings (SSSR count). The van der Waals surface area contributed by atoms with Crippen LogP contribution in [0.15, 0.2) is 17.5 Å². The highest BCUT2D eigenvalue weighted by atomic mass is 32.1. The maximum absolute atomic E-state index is 5.89. The topological polar surface area (TPSA) is 21.3 Å². The first kappa shape index (κ1) is 9.19. The first-order chi connectivity index (χ1) is 6.40. The number of hydrogen-bond donors (Lipinski definition) is 1. The molecule has 2 unspecified atom stereocenters. The van der Waals surface area contributed by atoms with Crippen LogP contribution in [0.1, 0.15) is 23.8 Å². The molecule has 1 aromatic heterocycles. The van der Waals surface area contributed by atoms with Crippen LogP contribution in [0.3, 0.4) is 0 Å². The van der Waals surface area contributed by atoms with E-state index in [1.54, 1.807) is 11.3 Å². The summed E-state index contributed by atoms with van der Waals surface area (Å²) in [6.45, 7) is 0.974. The van der Waals surface area contributed by atoms with Gasteiger partial charge in [-0.3, -0.25) is 0 Å². The smallest absolute Gasteiger partial charge is 0.0922 e. The summed E-state index contributed by atoms with van der Waals surface area (Å²) in [6, 6.07) is 4.26. The van der Waals surface area contributed by atoms with Gasteiger partial charge in [0.2, 0.25) is 0 Å². The van der Waals surface area contributed by atoms with Gasteiger partial charge >= 0.3 is 0 Å². The number of hydrogen-bond acceptors (Lipinski definition) is 3. The average Bonchev–Trinajstić information content (AvgIpc) is 2.70. The Morgan fingerprint density at radius 2 is 2.54 bits per heavy atom. The number of likely N-dealkylation sites (N-methyl/N-ethyl adjacent to an activating group) is 1. The Balaban J connectivity index is 1.91. The highest BCUT2D eigenvalue weighted by molar-refractivity contribution is 7.10. The normalized spacial score (nSPS) is 28.1. The van der Waals surface area contributed by atoms with Gasteiger partial charge in [0.05, 0.1) is 12.2 Å². The van der Waals surface area contributed by atoms with Crippen LogP contribution in [-0.2, 0) is 4.74 Å². The number of nitrogens with one attached hydrogen (secondary N) is 1. The summed E-state index contributed by atoms with van der Waals surface area (Å²) in [6.07, 6.45) is 3.13. The molecule has 0 aromatic carbocycles. The number of thiophene rings is 1. The molecule has 2 atom stereocenters. The molecular weight excluding hydrogens is 182 g/mol. The highest BCUT2D eigenvalue weighted by Gasteiger charge is 2.26. The van der Waals surface area contributed by atoms with Crippen molar-refractivity contribution >= 4 is 11.3 Å². The molecule has 1 aliphatic rings. The largest absolute Gasteiger partial charge is 0.368 e. The third-order valence-electron chi connectivity index (χ3n) is 2.40. The first-order valence-electron chi connectivity index (χ1n) is 4.73. The fraction of sp³-hybridized carbons (Fsp3) is 0.600. The molecule has 0 aliphatic carbocycles. The Kier molecular flexibility index (Phi) is 2.98. The van der Waals surface area contributed by atoms with Crippen LogP contribution in [-0.4, -0.2) is 19.7 Å². The molecule has 3 heteroatoms. The third-order valence-corrected chi connectivity index (χ3v) is 3.36. The molecule has 72 valence electrons. The molecule has 1 aromatic rings. The maximum atomic E-state index is 5.89. The summed E-state index contributed by atoms with van der Waals surface area (Å²) in [5.41, 5.74) is 0. The maximum Gasteiger partial charge on any atom is 0.0922 e. The SMILES string of the molecule is CNCC1CCC(c2cccs2)O1. The second-order valence-electron chi connectivity index (χ2n) is 3.40. The van der Waals surface area contributed by atoms with Gasteiger partial charge < -0.3 is 10.1 Å². The van der Waals surface area contributed by atoms with Gasteiger partial charge in [-0.05, 0) is 31.3 Å². The summed E-state index contributed by atoms with van der Waals surface area (Å²) < 4.78 is 5.89. The second kappa shape index (κ2) is 4.22. The molecule has 1 fully saturated rings. The molecule has 0 spiro atoms. The summed E-state index contributed by atoms with van der Waals surface area (Å²) in [5, 5.41) is 5.27. The Morgan fingerprint density at radius 3 is 3.23 bits per heavy atom. The van der Waals surface area contributed by atoms with Gasteiger partial charge in [0.1, 0.15) is 0 Å². The standard InChI is InChI=1S/C10H15NOS/c1-11-7-8-4-5-9(12-8)10-3-2-6-13-10/h2-3,6,8-9,11H,4-5,7H2,1H3. The predicted molar refractivity (Wildman–Crippen MR) is 55.1 cm³/mol. The van der Waals surface area contributed by atoms with Gasteiger partial charge in [-0.25, -0.2) is 0 Å². The van der Waals surface area contributed by atoms with E-state index < -0.39 is 0 Å². The monoisotopic (exact) mass is 197 g/mol. The summed E-state index contributed by atoms with van der Waals surface area (Å²) in [7, 11) is 1.97. The minimum atomic E-state index is 0.360. The van der Waals surface area contributed by atoms with E-state index in [0.717, 1.165) is 6.54 Å². The second-order valence-corrected chi connectivity index (χ2v) is 4.38. The minimum Gasteiger partial charge on any atom is -0.368 e. The fourth-order valence-corrected chi connectivity index (χ4v) is 2.56. The van der Waals surface area contributed by atoms with Crippen molar-refractivity contribution in [2.24, 2.45) is 0 Å². The van der Waals surface area contributed by atoms with Gasteiger partial charge in [-0.2, -0.15) is 0 Å². The van der Waals surface area contributed by atoms with Gasteiger partial charge in [0.25, 0.3) is 0 Å². The van der Waals surface area contributed by atoms with E-state index in [-0.39, 0.29) is 0 Å². The van der Waals surface area contributed by atoms with Crippen molar-refractivity contribution < 1.29 is 4.74 Å². The first-order valence-corrected chi connectivity index (χ1v) is 5.61. The van der Waals surface area contributed by atoms with Gasteiger partial charge in [0, 0.05) is 11.4 Å². The van der Waals surface area contributed by atoms with Crippen molar-refractivity contribution in [1.29, 1.82) is 0 Å². The van der Waals surface area contributed by atoms with Crippen LogP contribution < -0.4 is 5.32 Å². The van der Waals surface area contributed by atoms with E-state index in [1.807, 2.05) is 7.05 Å². The van der Waals surface area contributed by atoms with E-state index >= 15 is 0 Å². The predicted octanol–water partition coefficient (Wildman–Crippen LogP) is 2.19. The van der Waals surface area contributed by atoms with E-state index in [2.05, 4.69) is 22.8 Å². The van der Waals surface area contributed by atoms with Crippen LogP contribution >= 0.6 is 11.3 Å². The fourth-order valence-electron chi connectivity index (χ4n) is 1.77. The van der Waals surface area contributed by atoms with Crippen molar-refractivity contribution in [2.75, 3.05) is 13.6 Å². The molecule has 2 nitrogen and oxygen atoms in total. The highest BCUT2D eigenvalue weighted by Crippen LogP contribution is 2.34. The quantitative estimate of drug-likeness (QED) is 0.802. The summed E-state index contributed by atoms with van der Waals surface area (Å²) in [4.78, 5) is 1.37. The molecule has 1 aliphatic heterocycles. The van der Waals surface area contributed by atoms with Crippen LogP contribution in [0, 0.1) is 0 Å². The summed E-state index contributed by atoms with van der Waals surface area (Å²) >= 11 is 1.79. The van der Waals surface area contributed by atoms with Gasteiger partial charge in [-0.1, -0.05) is 6.07 Å². The van der Waals surface area contributed by atoms with Crippen LogP contribution in [0.25, 0.3) is 0 Å². The van der Waals surface area contributed by atoms with E-state index in [9.17, 15) is 0 Å². The van der Waals surface area contributed by atoms with Crippen molar-refractivity contribution in [3.63, 3.8) is 0 Å². The molecule has 0 saturated carbocycles.